The van der Waals surface area contributed by atoms with Crippen LogP contribution in [0.2, 0.25) is 0 Å². The van der Waals surface area contributed by atoms with Crippen molar-refractivity contribution < 1.29 is 4.79 Å². The van der Waals surface area contributed by atoms with Crippen molar-refractivity contribution in [3.05, 3.63) is 35.4 Å². The molecule has 1 aromatic rings. The third kappa shape index (κ3) is 3.44. The topological polar surface area (TPSA) is 17.1 Å². The van der Waals surface area contributed by atoms with E-state index in [1.165, 1.54) is 11.1 Å². The van der Waals surface area contributed by atoms with Crippen molar-refractivity contribution in [2.45, 2.75) is 44.4 Å². The van der Waals surface area contributed by atoms with Gasteiger partial charge in [-0.1, -0.05) is 61.0 Å². The van der Waals surface area contributed by atoms with Gasteiger partial charge in [0.2, 0.25) is 0 Å². The molecule has 0 aromatic heterocycles. The molecule has 0 radical (unpaired) electrons. The van der Waals surface area contributed by atoms with Gasteiger partial charge in [-0.3, -0.25) is 4.79 Å². The molecule has 0 aliphatic heterocycles. The first-order chi connectivity index (χ1) is 7.32. The highest BCUT2D eigenvalue weighted by atomic mass is 79.9. The summed E-state index contributed by atoms with van der Waals surface area (Å²) in [6, 6.07) is 8.35. The van der Waals surface area contributed by atoms with E-state index in [1.54, 1.807) is 6.92 Å². The molecule has 0 fully saturated rings. The van der Waals surface area contributed by atoms with Crippen LogP contribution in [0.15, 0.2) is 24.3 Å². The Labute approximate surface area is 106 Å². The normalized spacial score (nSPS) is 13.6. The second-order valence-corrected chi connectivity index (χ2v) is 6.29. The maximum Gasteiger partial charge on any atom is 0.143 e. The summed E-state index contributed by atoms with van der Waals surface area (Å²) in [6.45, 7) is 8.22. The lowest BCUT2D eigenvalue weighted by Crippen LogP contribution is -2.19. The minimum Gasteiger partial charge on any atom is -0.299 e. The molecule has 0 bridgehead atoms. The number of hydrogen-bond donors (Lipinski definition) is 0. The molecule has 1 nitrogen and oxygen atoms in total. The zero-order valence-corrected chi connectivity index (χ0v) is 12.0. The van der Waals surface area contributed by atoms with Crippen LogP contribution in [-0.4, -0.2) is 10.6 Å². The quantitative estimate of drug-likeness (QED) is 0.769. The smallest absolute Gasteiger partial charge is 0.143 e. The molecule has 0 heterocycles. The van der Waals surface area contributed by atoms with Crippen LogP contribution in [0.25, 0.3) is 0 Å². The number of rotatable bonds is 3. The van der Waals surface area contributed by atoms with Gasteiger partial charge < -0.3 is 0 Å². The Morgan fingerprint density at radius 3 is 2.38 bits per heavy atom. The molecule has 0 aliphatic carbocycles. The van der Waals surface area contributed by atoms with Gasteiger partial charge >= 0.3 is 0 Å². The molecule has 1 unspecified atom stereocenters. The Kier molecular flexibility index (Phi) is 4.31. The second kappa shape index (κ2) is 5.13. The molecule has 88 valence electrons. The van der Waals surface area contributed by atoms with E-state index in [0.717, 1.165) is 6.42 Å². The monoisotopic (exact) mass is 282 g/mol. The lowest BCUT2D eigenvalue weighted by atomic mass is 9.82. The van der Waals surface area contributed by atoms with E-state index in [9.17, 15) is 4.79 Å². The Bertz CT molecular complexity index is 377. The number of halogens is 1. The Morgan fingerprint density at radius 1 is 1.31 bits per heavy atom. The first-order valence-electron chi connectivity index (χ1n) is 5.55. The second-order valence-electron chi connectivity index (χ2n) is 5.19. The van der Waals surface area contributed by atoms with Gasteiger partial charge in [0.15, 0.2) is 0 Å². The first-order valence-corrected chi connectivity index (χ1v) is 6.47. The average Bonchev–Trinajstić information content (AvgIpc) is 2.16. The zero-order chi connectivity index (χ0) is 12.3. The number of ketones is 1. The first kappa shape index (κ1) is 13.4. The summed E-state index contributed by atoms with van der Waals surface area (Å²) in [5.41, 5.74) is 2.70. The molecule has 2 heteroatoms. The maximum absolute atomic E-state index is 11.3. The summed E-state index contributed by atoms with van der Waals surface area (Å²) in [5, 5.41) is 0. The van der Waals surface area contributed by atoms with E-state index in [1.807, 2.05) is 6.07 Å². The molecule has 0 amide bonds. The number of carbonyl (C=O) groups excluding carboxylic acids is 1. The van der Waals surface area contributed by atoms with Gasteiger partial charge in [0.25, 0.3) is 0 Å². The zero-order valence-electron chi connectivity index (χ0n) is 10.4. The number of Topliss-reactive ketones (excluding diaryl/α,β-unsaturated/α-hetero) is 1. The van der Waals surface area contributed by atoms with Gasteiger partial charge in [-0.05, 0) is 29.9 Å². The third-order valence-electron chi connectivity index (χ3n) is 2.67. The van der Waals surface area contributed by atoms with E-state index < -0.39 is 0 Å². The van der Waals surface area contributed by atoms with Crippen LogP contribution in [0.1, 0.15) is 38.8 Å². The maximum atomic E-state index is 11.3. The van der Waals surface area contributed by atoms with Crippen molar-refractivity contribution in [1.29, 1.82) is 0 Å². The number of alkyl halides is 1. The summed E-state index contributed by atoms with van der Waals surface area (Å²) < 4.78 is 0. The fourth-order valence-corrected chi connectivity index (χ4v) is 2.12. The molecule has 0 spiro atoms. The average molecular weight is 283 g/mol. The lowest BCUT2D eigenvalue weighted by molar-refractivity contribution is -0.116. The summed E-state index contributed by atoms with van der Waals surface area (Å²) >= 11 is 3.43. The highest BCUT2D eigenvalue weighted by Crippen LogP contribution is 2.27. The van der Waals surface area contributed by atoms with Crippen LogP contribution in [-0.2, 0) is 16.6 Å². The van der Waals surface area contributed by atoms with Gasteiger partial charge in [0.1, 0.15) is 5.78 Å². The summed E-state index contributed by atoms with van der Waals surface area (Å²) in [6.07, 6.45) is 0.767. The molecule has 16 heavy (non-hydrogen) atoms. The van der Waals surface area contributed by atoms with E-state index in [-0.39, 0.29) is 16.0 Å². The Balaban J connectivity index is 3.01. The lowest BCUT2D eigenvalue weighted by Gasteiger charge is -2.23. The van der Waals surface area contributed by atoms with Gasteiger partial charge in [-0.15, -0.1) is 0 Å². The number of benzene rings is 1. The SMILES string of the molecule is CC(=O)C(Br)Cc1ccccc1C(C)(C)C. The van der Waals surface area contributed by atoms with Crippen molar-refractivity contribution in [1.82, 2.24) is 0 Å². The van der Waals surface area contributed by atoms with Crippen LogP contribution >= 0.6 is 15.9 Å². The minimum absolute atomic E-state index is 0.0731. The van der Waals surface area contributed by atoms with Gasteiger partial charge in [-0.25, -0.2) is 0 Å². The molecular weight excluding hydrogens is 264 g/mol. The third-order valence-corrected chi connectivity index (χ3v) is 3.63. The molecule has 0 N–H and O–H groups in total. The Hall–Kier alpha value is -0.630. The molecule has 0 saturated heterocycles. The predicted octanol–water partition coefficient (Wildman–Crippen LogP) is 3.88. The van der Waals surface area contributed by atoms with Gasteiger partial charge in [0.05, 0.1) is 4.83 Å². The van der Waals surface area contributed by atoms with Gasteiger partial charge in [0, 0.05) is 0 Å². The standard InChI is InChI=1S/C14H19BrO/c1-10(16)13(15)9-11-7-5-6-8-12(11)14(2,3)4/h5-8,13H,9H2,1-4H3. The number of carbonyl (C=O) groups is 1. The fraction of sp³-hybridized carbons (Fsp3) is 0.500. The molecule has 0 aliphatic rings. The highest BCUT2D eigenvalue weighted by Gasteiger charge is 2.19. The van der Waals surface area contributed by atoms with Gasteiger partial charge in [-0.2, -0.15) is 0 Å². The van der Waals surface area contributed by atoms with Crippen LogP contribution < -0.4 is 0 Å². The van der Waals surface area contributed by atoms with Crippen LogP contribution in [0.4, 0.5) is 0 Å². The predicted molar refractivity (Wildman–Crippen MR) is 72.2 cm³/mol. The van der Waals surface area contributed by atoms with Crippen molar-refractivity contribution in [3.8, 4) is 0 Å². The van der Waals surface area contributed by atoms with Crippen molar-refractivity contribution in [3.63, 3.8) is 0 Å². The number of hydrogen-bond acceptors (Lipinski definition) is 1. The largest absolute Gasteiger partial charge is 0.299 e. The van der Waals surface area contributed by atoms with E-state index >= 15 is 0 Å². The van der Waals surface area contributed by atoms with Crippen molar-refractivity contribution in [2.75, 3.05) is 0 Å². The fourth-order valence-electron chi connectivity index (χ4n) is 1.77. The van der Waals surface area contributed by atoms with Crippen molar-refractivity contribution in [2.24, 2.45) is 0 Å². The Morgan fingerprint density at radius 2 is 1.88 bits per heavy atom. The molecule has 1 atom stereocenters. The molecule has 0 saturated carbocycles. The van der Waals surface area contributed by atoms with E-state index in [4.69, 9.17) is 0 Å². The molecule has 1 aromatic carbocycles. The van der Waals surface area contributed by atoms with Crippen LogP contribution in [0, 0.1) is 0 Å². The summed E-state index contributed by atoms with van der Waals surface area (Å²) in [7, 11) is 0. The van der Waals surface area contributed by atoms with E-state index in [0.29, 0.717) is 0 Å². The van der Waals surface area contributed by atoms with E-state index in [2.05, 4.69) is 54.9 Å². The summed E-state index contributed by atoms with van der Waals surface area (Å²) in [5.74, 6) is 0.184. The van der Waals surface area contributed by atoms with Crippen LogP contribution in [0.5, 0.6) is 0 Å². The molecular formula is C14H19BrO. The minimum atomic E-state index is -0.0731. The van der Waals surface area contributed by atoms with Crippen molar-refractivity contribution >= 4 is 21.7 Å². The highest BCUT2D eigenvalue weighted by molar-refractivity contribution is 9.10. The van der Waals surface area contributed by atoms with Crippen LogP contribution in [0.3, 0.4) is 0 Å². The summed E-state index contributed by atoms with van der Waals surface area (Å²) in [4.78, 5) is 11.2. The molecule has 1 rings (SSSR count).